The minimum atomic E-state index is -0.383. The summed E-state index contributed by atoms with van der Waals surface area (Å²) >= 11 is 0. The first-order chi connectivity index (χ1) is 6.81. The largest absolute Gasteiger partial charge is 0.350 e. The Kier molecular flexibility index (Phi) is 4.52. The molecule has 78 valence electrons. The van der Waals surface area contributed by atoms with Crippen molar-refractivity contribution in [3.8, 4) is 0 Å². The first-order valence-corrected chi connectivity index (χ1v) is 4.47. The van der Waals surface area contributed by atoms with Crippen molar-refractivity contribution in [3.63, 3.8) is 0 Å². The van der Waals surface area contributed by atoms with Gasteiger partial charge in [0.25, 0.3) is 0 Å². The molecule has 0 atom stereocenters. The molecule has 0 spiro atoms. The second-order valence-corrected chi connectivity index (χ2v) is 2.89. The predicted molar refractivity (Wildman–Crippen MR) is 53.8 cm³/mol. The summed E-state index contributed by atoms with van der Waals surface area (Å²) < 4.78 is 10.2. The van der Waals surface area contributed by atoms with Gasteiger partial charge in [-0.1, -0.05) is 6.07 Å². The van der Waals surface area contributed by atoms with E-state index in [0.717, 1.165) is 17.9 Å². The average Bonchev–Trinajstić information content (AvgIpc) is 2.21. The van der Waals surface area contributed by atoms with Crippen molar-refractivity contribution in [2.45, 2.75) is 12.8 Å². The van der Waals surface area contributed by atoms with Crippen molar-refractivity contribution < 1.29 is 9.47 Å². The Morgan fingerprint density at radius 2 is 2.07 bits per heavy atom. The standard InChI is InChI=1S/C10H16N2O2/c1-11-7-8-5-4-6-9(12-8)10(13-2)14-3/h4-6,10-11H,7H2,1-3H3. The van der Waals surface area contributed by atoms with Crippen molar-refractivity contribution in [2.24, 2.45) is 0 Å². The quantitative estimate of drug-likeness (QED) is 0.716. The van der Waals surface area contributed by atoms with Gasteiger partial charge in [-0.3, -0.25) is 4.98 Å². The number of pyridine rings is 1. The number of nitrogens with zero attached hydrogens (tertiary/aromatic N) is 1. The van der Waals surface area contributed by atoms with E-state index in [9.17, 15) is 0 Å². The fourth-order valence-corrected chi connectivity index (χ4v) is 1.25. The lowest BCUT2D eigenvalue weighted by Gasteiger charge is -2.13. The van der Waals surface area contributed by atoms with Gasteiger partial charge in [0.2, 0.25) is 6.29 Å². The second kappa shape index (κ2) is 5.70. The zero-order valence-electron chi connectivity index (χ0n) is 8.78. The Labute approximate surface area is 84.3 Å². The molecule has 0 aromatic carbocycles. The van der Waals surface area contributed by atoms with E-state index in [2.05, 4.69) is 10.3 Å². The highest BCUT2D eigenvalue weighted by atomic mass is 16.7. The molecule has 1 rings (SSSR count). The molecule has 1 aromatic heterocycles. The lowest BCUT2D eigenvalue weighted by Crippen LogP contribution is -2.11. The smallest absolute Gasteiger partial charge is 0.200 e. The van der Waals surface area contributed by atoms with Crippen molar-refractivity contribution in [2.75, 3.05) is 21.3 Å². The van der Waals surface area contributed by atoms with Crippen LogP contribution in [0, 0.1) is 0 Å². The van der Waals surface area contributed by atoms with Gasteiger partial charge in [0.1, 0.15) is 0 Å². The SMILES string of the molecule is CNCc1cccc(C(OC)OC)n1. The van der Waals surface area contributed by atoms with Gasteiger partial charge >= 0.3 is 0 Å². The van der Waals surface area contributed by atoms with Gasteiger partial charge in [0.05, 0.1) is 11.4 Å². The minimum Gasteiger partial charge on any atom is -0.350 e. The van der Waals surface area contributed by atoms with Crippen LogP contribution in [0.1, 0.15) is 17.7 Å². The molecule has 0 aliphatic rings. The molecule has 1 heterocycles. The predicted octanol–water partition coefficient (Wildman–Crippen LogP) is 1.09. The molecule has 1 N–H and O–H groups in total. The molecule has 0 aliphatic heterocycles. The molecule has 1 aromatic rings. The maximum atomic E-state index is 5.11. The number of rotatable bonds is 5. The third-order valence-electron chi connectivity index (χ3n) is 1.86. The third kappa shape index (κ3) is 2.77. The summed E-state index contributed by atoms with van der Waals surface area (Å²) in [6, 6.07) is 5.79. The minimum absolute atomic E-state index is 0.383. The lowest BCUT2D eigenvalue weighted by atomic mass is 10.3. The van der Waals surface area contributed by atoms with Crippen LogP contribution in [0.25, 0.3) is 0 Å². The highest BCUT2D eigenvalue weighted by Gasteiger charge is 2.10. The number of hydrogen-bond donors (Lipinski definition) is 1. The first-order valence-electron chi connectivity index (χ1n) is 4.47. The number of aromatic nitrogens is 1. The summed E-state index contributed by atoms with van der Waals surface area (Å²) in [4.78, 5) is 4.39. The molecule has 0 bridgehead atoms. The summed E-state index contributed by atoms with van der Waals surface area (Å²) in [5, 5.41) is 3.04. The van der Waals surface area contributed by atoms with Crippen molar-refractivity contribution in [3.05, 3.63) is 29.6 Å². The average molecular weight is 196 g/mol. The lowest BCUT2D eigenvalue weighted by molar-refractivity contribution is -0.108. The van der Waals surface area contributed by atoms with E-state index in [1.54, 1.807) is 14.2 Å². The van der Waals surface area contributed by atoms with Gasteiger partial charge in [-0.25, -0.2) is 0 Å². The number of hydrogen-bond acceptors (Lipinski definition) is 4. The normalized spacial score (nSPS) is 10.9. The van der Waals surface area contributed by atoms with E-state index in [0.29, 0.717) is 0 Å². The first kappa shape index (κ1) is 11.1. The molecular weight excluding hydrogens is 180 g/mol. The van der Waals surface area contributed by atoms with E-state index in [1.807, 2.05) is 25.2 Å². The van der Waals surface area contributed by atoms with Crippen LogP contribution in [0.2, 0.25) is 0 Å². The zero-order valence-corrected chi connectivity index (χ0v) is 8.78. The molecule has 0 unspecified atom stereocenters. The highest BCUT2D eigenvalue weighted by molar-refractivity contribution is 5.12. The topological polar surface area (TPSA) is 43.4 Å². The van der Waals surface area contributed by atoms with Gasteiger partial charge in [0, 0.05) is 20.8 Å². The van der Waals surface area contributed by atoms with Gasteiger partial charge in [-0.15, -0.1) is 0 Å². The summed E-state index contributed by atoms with van der Waals surface area (Å²) in [7, 11) is 5.08. The van der Waals surface area contributed by atoms with Crippen LogP contribution in [0.3, 0.4) is 0 Å². The number of nitrogens with one attached hydrogen (secondary N) is 1. The van der Waals surface area contributed by atoms with Crippen LogP contribution < -0.4 is 5.32 Å². The van der Waals surface area contributed by atoms with Crippen LogP contribution in [0.4, 0.5) is 0 Å². The molecular formula is C10H16N2O2. The van der Waals surface area contributed by atoms with E-state index >= 15 is 0 Å². The molecule has 0 fully saturated rings. The Hall–Kier alpha value is -0.970. The second-order valence-electron chi connectivity index (χ2n) is 2.89. The summed E-state index contributed by atoms with van der Waals surface area (Å²) in [6.45, 7) is 0.744. The Bertz CT molecular complexity index is 275. The fraction of sp³-hybridized carbons (Fsp3) is 0.500. The van der Waals surface area contributed by atoms with E-state index < -0.39 is 0 Å². The molecule has 4 nitrogen and oxygen atoms in total. The third-order valence-corrected chi connectivity index (χ3v) is 1.86. The highest BCUT2D eigenvalue weighted by Crippen LogP contribution is 2.14. The van der Waals surface area contributed by atoms with Crippen molar-refractivity contribution >= 4 is 0 Å². The van der Waals surface area contributed by atoms with Crippen molar-refractivity contribution in [1.82, 2.24) is 10.3 Å². The Morgan fingerprint density at radius 3 is 2.64 bits per heavy atom. The maximum Gasteiger partial charge on any atom is 0.200 e. The molecule has 0 saturated carbocycles. The van der Waals surface area contributed by atoms with E-state index in [4.69, 9.17) is 9.47 Å². The van der Waals surface area contributed by atoms with Crippen LogP contribution >= 0.6 is 0 Å². The van der Waals surface area contributed by atoms with Crippen LogP contribution in [0.5, 0.6) is 0 Å². The summed E-state index contributed by atoms with van der Waals surface area (Å²) in [5.41, 5.74) is 1.77. The van der Waals surface area contributed by atoms with Crippen LogP contribution in [0.15, 0.2) is 18.2 Å². The zero-order chi connectivity index (χ0) is 10.4. The van der Waals surface area contributed by atoms with E-state index in [1.165, 1.54) is 0 Å². The van der Waals surface area contributed by atoms with Gasteiger partial charge in [-0.05, 0) is 19.2 Å². The van der Waals surface area contributed by atoms with Gasteiger partial charge < -0.3 is 14.8 Å². The fourth-order valence-electron chi connectivity index (χ4n) is 1.25. The maximum absolute atomic E-state index is 5.11. The molecule has 14 heavy (non-hydrogen) atoms. The summed E-state index contributed by atoms with van der Waals surface area (Å²) in [5.74, 6) is 0. The van der Waals surface area contributed by atoms with Gasteiger partial charge in [0.15, 0.2) is 0 Å². The molecule has 0 radical (unpaired) electrons. The molecule has 0 amide bonds. The van der Waals surface area contributed by atoms with Crippen LogP contribution in [-0.4, -0.2) is 26.3 Å². The Morgan fingerprint density at radius 1 is 1.36 bits per heavy atom. The summed E-state index contributed by atoms with van der Waals surface area (Å²) in [6.07, 6.45) is -0.383. The number of methoxy groups -OCH3 is 2. The Balaban J connectivity index is 2.81. The number of ether oxygens (including phenoxy) is 2. The monoisotopic (exact) mass is 196 g/mol. The molecule has 0 saturated heterocycles. The van der Waals surface area contributed by atoms with E-state index in [-0.39, 0.29) is 6.29 Å². The molecule has 4 heteroatoms. The molecule has 0 aliphatic carbocycles. The van der Waals surface area contributed by atoms with Gasteiger partial charge in [-0.2, -0.15) is 0 Å². The van der Waals surface area contributed by atoms with Crippen LogP contribution in [-0.2, 0) is 16.0 Å². The van der Waals surface area contributed by atoms with Crippen molar-refractivity contribution in [1.29, 1.82) is 0 Å².